The second-order valence-electron chi connectivity index (χ2n) is 7.37. The molecule has 10 nitrogen and oxygen atoms in total. The van der Waals surface area contributed by atoms with Gasteiger partial charge in [-0.15, -0.1) is 0 Å². The summed E-state index contributed by atoms with van der Waals surface area (Å²) in [5.41, 5.74) is 1.00. The van der Waals surface area contributed by atoms with Crippen LogP contribution in [0.5, 0.6) is 0 Å². The normalized spacial score (nSPS) is 14.4. The number of hydrogen-bond acceptors (Lipinski definition) is 6. The SMILES string of the molecule is O=C(/C=C\c1cccc([N+](=O)[O-])c1)N1CCCN(C(=O)/C=C/c2cccc([N+](=O)[O-])c2)CC1. The summed E-state index contributed by atoms with van der Waals surface area (Å²) >= 11 is 0. The van der Waals surface area contributed by atoms with Crippen LogP contribution in [0.4, 0.5) is 11.4 Å². The van der Waals surface area contributed by atoms with Gasteiger partial charge in [0.15, 0.2) is 0 Å². The molecule has 2 aromatic rings. The fourth-order valence-corrected chi connectivity index (χ4v) is 3.39. The van der Waals surface area contributed by atoms with Crippen LogP contribution < -0.4 is 0 Å². The molecule has 1 fully saturated rings. The fraction of sp³-hybridized carbons (Fsp3) is 0.217. The van der Waals surface area contributed by atoms with Crippen molar-refractivity contribution >= 4 is 35.3 Å². The third-order valence-corrected chi connectivity index (χ3v) is 5.12. The van der Waals surface area contributed by atoms with Gasteiger partial charge in [-0.25, -0.2) is 0 Å². The van der Waals surface area contributed by atoms with Gasteiger partial charge in [0, 0.05) is 62.6 Å². The molecule has 2 aromatic carbocycles. The molecule has 0 aromatic heterocycles. The summed E-state index contributed by atoms with van der Waals surface area (Å²) < 4.78 is 0. The third-order valence-electron chi connectivity index (χ3n) is 5.12. The highest BCUT2D eigenvalue weighted by Crippen LogP contribution is 2.16. The molecule has 170 valence electrons. The molecule has 0 saturated carbocycles. The number of amides is 2. The fourth-order valence-electron chi connectivity index (χ4n) is 3.39. The molecule has 0 atom stereocenters. The molecular weight excluding hydrogens is 428 g/mol. The molecule has 33 heavy (non-hydrogen) atoms. The molecular formula is C23H22N4O6. The Morgan fingerprint density at radius 2 is 1.15 bits per heavy atom. The van der Waals surface area contributed by atoms with E-state index in [1.165, 1.54) is 48.6 Å². The standard InChI is InChI=1S/C23H22N4O6/c28-22(10-8-18-4-1-6-20(16-18)26(30)31)24-12-3-13-25(15-14-24)23(29)11-9-19-5-2-7-21(17-19)27(32)33/h1-2,4-11,16-17H,3,12-15H2/b10-8-,11-9+. The molecule has 1 heterocycles. The Hall–Kier alpha value is -4.34. The second kappa shape index (κ2) is 10.8. The molecule has 0 radical (unpaired) electrons. The minimum Gasteiger partial charge on any atom is -0.337 e. The van der Waals surface area contributed by atoms with Crippen molar-refractivity contribution < 1.29 is 19.4 Å². The zero-order valence-electron chi connectivity index (χ0n) is 17.7. The van der Waals surface area contributed by atoms with Crippen molar-refractivity contribution in [3.8, 4) is 0 Å². The maximum atomic E-state index is 12.5. The van der Waals surface area contributed by atoms with E-state index in [0.29, 0.717) is 43.7 Å². The van der Waals surface area contributed by atoms with E-state index in [9.17, 15) is 29.8 Å². The van der Waals surface area contributed by atoms with Gasteiger partial charge in [0.25, 0.3) is 11.4 Å². The van der Waals surface area contributed by atoms with Crippen LogP contribution in [0.3, 0.4) is 0 Å². The number of hydrogen-bond donors (Lipinski definition) is 0. The Kier molecular flexibility index (Phi) is 7.64. The third kappa shape index (κ3) is 6.57. The summed E-state index contributed by atoms with van der Waals surface area (Å²) in [5, 5.41) is 21.7. The molecule has 1 aliphatic rings. The van der Waals surface area contributed by atoms with Gasteiger partial charge in [-0.05, 0) is 29.7 Å². The van der Waals surface area contributed by atoms with Crippen LogP contribution in [0.15, 0.2) is 60.7 Å². The predicted octanol–water partition coefficient (Wildman–Crippen LogP) is 3.29. The first-order valence-corrected chi connectivity index (χ1v) is 10.3. The zero-order valence-corrected chi connectivity index (χ0v) is 17.7. The van der Waals surface area contributed by atoms with Gasteiger partial charge < -0.3 is 9.80 Å². The number of non-ortho nitro benzene ring substituents is 2. The van der Waals surface area contributed by atoms with Crippen LogP contribution in [0.2, 0.25) is 0 Å². The average molecular weight is 450 g/mol. The lowest BCUT2D eigenvalue weighted by atomic mass is 10.2. The van der Waals surface area contributed by atoms with Crippen LogP contribution in [-0.4, -0.2) is 57.6 Å². The topological polar surface area (TPSA) is 127 Å². The van der Waals surface area contributed by atoms with Crippen molar-refractivity contribution in [3.05, 3.63) is 92.0 Å². The van der Waals surface area contributed by atoms with Crippen molar-refractivity contribution in [1.29, 1.82) is 0 Å². The van der Waals surface area contributed by atoms with Crippen molar-refractivity contribution in [3.63, 3.8) is 0 Å². The summed E-state index contributed by atoms with van der Waals surface area (Å²) in [4.78, 5) is 49.1. The first-order valence-electron chi connectivity index (χ1n) is 10.3. The van der Waals surface area contributed by atoms with Gasteiger partial charge in [-0.1, -0.05) is 24.3 Å². The van der Waals surface area contributed by atoms with Gasteiger partial charge in [0.05, 0.1) is 9.85 Å². The van der Waals surface area contributed by atoms with Crippen molar-refractivity contribution in [2.24, 2.45) is 0 Å². The van der Waals surface area contributed by atoms with Crippen molar-refractivity contribution in [2.45, 2.75) is 6.42 Å². The quantitative estimate of drug-likeness (QED) is 0.377. The predicted molar refractivity (Wildman–Crippen MR) is 122 cm³/mol. The maximum Gasteiger partial charge on any atom is 0.270 e. The summed E-state index contributed by atoms with van der Waals surface area (Å²) in [6.07, 6.45) is 6.42. The van der Waals surface area contributed by atoms with E-state index in [4.69, 9.17) is 0 Å². The number of carbonyl (C=O) groups excluding carboxylic acids is 2. The van der Waals surface area contributed by atoms with E-state index in [-0.39, 0.29) is 23.2 Å². The van der Waals surface area contributed by atoms with Crippen LogP contribution in [0, 0.1) is 20.2 Å². The first kappa shape index (κ1) is 23.3. The van der Waals surface area contributed by atoms with Gasteiger partial charge in [-0.3, -0.25) is 29.8 Å². The molecule has 1 aliphatic heterocycles. The van der Waals surface area contributed by atoms with E-state index in [0.717, 1.165) is 0 Å². The molecule has 3 rings (SSSR count). The molecule has 0 spiro atoms. The van der Waals surface area contributed by atoms with Gasteiger partial charge in [0.2, 0.25) is 11.8 Å². The number of rotatable bonds is 6. The highest BCUT2D eigenvalue weighted by molar-refractivity contribution is 5.93. The van der Waals surface area contributed by atoms with Crippen molar-refractivity contribution in [1.82, 2.24) is 9.80 Å². The van der Waals surface area contributed by atoms with Gasteiger partial charge >= 0.3 is 0 Å². The minimum absolute atomic E-state index is 0.0494. The summed E-state index contributed by atoms with van der Waals surface area (Å²) in [5.74, 6) is -0.467. The lowest BCUT2D eigenvalue weighted by molar-refractivity contribution is -0.385. The second-order valence-corrected chi connectivity index (χ2v) is 7.37. The monoisotopic (exact) mass is 450 g/mol. The molecule has 0 unspecified atom stereocenters. The number of carbonyl (C=O) groups is 2. The average Bonchev–Trinajstić information content (AvgIpc) is 3.08. The minimum atomic E-state index is -0.493. The Morgan fingerprint density at radius 1 is 0.727 bits per heavy atom. The molecule has 0 bridgehead atoms. The highest BCUT2D eigenvalue weighted by atomic mass is 16.6. The van der Waals surface area contributed by atoms with E-state index in [1.807, 2.05) is 0 Å². The lowest BCUT2D eigenvalue weighted by Gasteiger charge is -2.20. The maximum absolute atomic E-state index is 12.5. The van der Waals surface area contributed by atoms with E-state index in [1.54, 1.807) is 34.1 Å². The van der Waals surface area contributed by atoms with Crippen LogP contribution in [0.25, 0.3) is 12.2 Å². The number of nitro benzene ring substituents is 2. The zero-order chi connectivity index (χ0) is 23.8. The highest BCUT2D eigenvalue weighted by Gasteiger charge is 2.20. The number of nitrogens with zero attached hydrogens (tertiary/aromatic N) is 4. The number of benzene rings is 2. The largest absolute Gasteiger partial charge is 0.337 e. The molecule has 0 N–H and O–H groups in total. The smallest absolute Gasteiger partial charge is 0.270 e. The van der Waals surface area contributed by atoms with E-state index in [2.05, 4.69) is 0 Å². The summed E-state index contributed by atoms with van der Waals surface area (Å²) in [6.45, 7) is 1.68. The van der Waals surface area contributed by atoms with E-state index >= 15 is 0 Å². The number of nitro groups is 2. The van der Waals surface area contributed by atoms with Gasteiger partial charge in [-0.2, -0.15) is 0 Å². The molecule has 1 saturated heterocycles. The lowest BCUT2D eigenvalue weighted by Crippen LogP contribution is -2.36. The Balaban J connectivity index is 1.57. The van der Waals surface area contributed by atoms with Crippen molar-refractivity contribution in [2.75, 3.05) is 26.2 Å². The molecule has 2 amide bonds. The van der Waals surface area contributed by atoms with E-state index < -0.39 is 9.85 Å². The van der Waals surface area contributed by atoms with Crippen LogP contribution >= 0.6 is 0 Å². The molecule has 0 aliphatic carbocycles. The Morgan fingerprint density at radius 3 is 1.55 bits per heavy atom. The molecule has 10 heteroatoms. The van der Waals surface area contributed by atoms with Gasteiger partial charge in [0.1, 0.15) is 0 Å². The van der Waals surface area contributed by atoms with Crippen LogP contribution in [-0.2, 0) is 9.59 Å². The summed E-state index contributed by atoms with van der Waals surface area (Å²) in [7, 11) is 0. The van der Waals surface area contributed by atoms with Crippen LogP contribution in [0.1, 0.15) is 17.5 Å². The first-order chi connectivity index (χ1) is 15.8. The Labute approximate surface area is 189 Å². The summed E-state index contributed by atoms with van der Waals surface area (Å²) in [6, 6.07) is 12.0. The Bertz CT molecular complexity index is 1040.